The average Bonchev–Trinajstić information content (AvgIpc) is 3.10. The highest BCUT2D eigenvalue weighted by Gasteiger charge is 2.26. The molecule has 0 atom stereocenters. The fourth-order valence-electron chi connectivity index (χ4n) is 3.92. The number of piperidine rings is 1. The van der Waals surface area contributed by atoms with E-state index in [1.54, 1.807) is 0 Å². The predicted molar refractivity (Wildman–Crippen MR) is 117 cm³/mol. The van der Waals surface area contributed by atoms with Crippen molar-refractivity contribution < 1.29 is 9.53 Å². The maximum atomic E-state index is 12.5. The number of aromatic amines is 1. The molecule has 1 amide bonds. The van der Waals surface area contributed by atoms with E-state index in [-0.39, 0.29) is 5.91 Å². The summed E-state index contributed by atoms with van der Waals surface area (Å²) in [7, 11) is 0. The van der Waals surface area contributed by atoms with Crippen LogP contribution in [0.3, 0.4) is 0 Å². The largest absolute Gasteiger partial charge is 0.493 e. The first-order valence-electron chi connectivity index (χ1n) is 10.6. The minimum absolute atomic E-state index is 0.254. The summed E-state index contributed by atoms with van der Waals surface area (Å²) in [6.07, 6.45) is 4.23. The van der Waals surface area contributed by atoms with Crippen LogP contribution in [0, 0.1) is 18.6 Å². The van der Waals surface area contributed by atoms with Crippen molar-refractivity contribution in [2.75, 3.05) is 19.7 Å². The van der Waals surface area contributed by atoms with Crippen LogP contribution in [0.2, 0.25) is 0 Å². The van der Waals surface area contributed by atoms with E-state index in [9.17, 15) is 4.79 Å². The lowest BCUT2D eigenvalue weighted by Gasteiger charge is -2.31. The molecule has 7 heteroatoms. The summed E-state index contributed by atoms with van der Waals surface area (Å²) >= 11 is 5.29. The third kappa shape index (κ3) is 5.47. The zero-order chi connectivity index (χ0) is 20.8. The van der Waals surface area contributed by atoms with Gasteiger partial charge in [0.25, 0.3) is 0 Å². The molecule has 1 aromatic heterocycles. The van der Waals surface area contributed by atoms with Crippen LogP contribution in [0.4, 0.5) is 0 Å². The number of hydrogen-bond donors (Lipinski definition) is 1. The van der Waals surface area contributed by atoms with Gasteiger partial charge in [0.2, 0.25) is 5.91 Å². The summed E-state index contributed by atoms with van der Waals surface area (Å²) in [6, 6.07) is 6.24. The van der Waals surface area contributed by atoms with Gasteiger partial charge in [-0.2, -0.15) is 5.10 Å². The Hall–Kier alpha value is -2.15. The first-order chi connectivity index (χ1) is 14.0. The van der Waals surface area contributed by atoms with E-state index >= 15 is 0 Å². The summed E-state index contributed by atoms with van der Waals surface area (Å²) in [5.41, 5.74) is 2.35. The number of amides is 1. The Labute approximate surface area is 178 Å². The van der Waals surface area contributed by atoms with Gasteiger partial charge in [0.1, 0.15) is 11.6 Å². The van der Waals surface area contributed by atoms with Crippen molar-refractivity contribution in [2.45, 2.75) is 65.3 Å². The quantitative estimate of drug-likeness (QED) is 0.507. The highest BCUT2D eigenvalue weighted by molar-refractivity contribution is 7.71. The maximum Gasteiger partial charge on any atom is 0.222 e. The van der Waals surface area contributed by atoms with Gasteiger partial charge in [0, 0.05) is 32.0 Å². The van der Waals surface area contributed by atoms with Crippen LogP contribution in [0.15, 0.2) is 18.2 Å². The van der Waals surface area contributed by atoms with E-state index in [4.69, 9.17) is 17.0 Å². The Morgan fingerprint density at radius 1 is 1.28 bits per heavy atom. The van der Waals surface area contributed by atoms with E-state index in [2.05, 4.69) is 53.7 Å². The number of unbranched alkanes of at least 4 members (excludes halogenated alkanes) is 1. The fourth-order valence-corrected chi connectivity index (χ4v) is 4.18. The number of nitrogens with zero attached hydrogens (tertiary/aromatic N) is 3. The van der Waals surface area contributed by atoms with Crippen LogP contribution in [0.5, 0.6) is 5.75 Å². The topological polar surface area (TPSA) is 63.1 Å². The monoisotopic (exact) mass is 416 g/mol. The van der Waals surface area contributed by atoms with Crippen LogP contribution in [0.1, 0.15) is 61.9 Å². The molecule has 0 bridgehead atoms. The standard InChI is InChI=1S/C22H32N4O2S/c1-4-26-21(23-24-22(26)29)18-10-12-25(13-11-18)20(27)7-5-6-14-28-19-15-16(2)8-9-17(19)3/h8-9,15,18H,4-7,10-14H2,1-3H3,(H,24,29). The van der Waals surface area contributed by atoms with Gasteiger partial charge in [0.15, 0.2) is 4.77 Å². The van der Waals surface area contributed by atoms with Crippen molar-refractivity contribution in [3.63, 3.8) is 0 Å². The first kappa shape index (κ1) is 21.6. The molecule has 158 valence electrons. The van der Waals surface area contributed by atoms with Crippen molar-refractivity contribution in [3.8, 4) is 5.75 Å². The number of carbonyl (C=O) groups excluding carboxylic acids is 1. The van der Waals surface area contributed by atoms with Crippen molar-refractivity contribution in [1.82, 2.24) is 19.7 Å². The minimum atomic E-state index is 0.254. The Morgan fingerprint density at radius 3 is 2.76 bits per heavy atom. The van der Waals surface area contributed by atoms with Gasteiger partial charge in [-0.25, -0.2) is 0 Å². The van der Waals surface area contributed by atoms with E-state index < -0.39 is 0 Å². The minimum Gasteiger partial charge on any atom is -0.493 e. The molecule has 1 saturated heterocycles. The van der Waals surface area contributed by atoms with Gasteiger partial charge < -0.3 is 14.2 Å². The van der Waals surface area contributed by atoms with E-state index in [0.29, 0.717) is 23.7 Å². The van der Waals surface area contributed by atoms with Gasteiger partial charge in [-0.1, -0.05) is 12.1 Å². The van der Waals surface area contributed by atoms with Gasteiger partial charge in [-0.3, -0.25) is 9.89 Å². The third-order valence-corrected chi connectivity index (χ3v) is 6.01. The molecule has 2 aromatic rings. The second kappa shape index (κ2) is 10.1. The normalized spacial score (nSPS) is 14.9. The number of H-pyrrole nitrogens is 1. The summed E-state index contributed by atoms with van der Waals surface area (Å²) in [5, 5.41) is 7.32. The second-order valence-corrected chi connectivity index (χ2v) is 8.25. The summed E-state index contributed by atoms with van der Waals surface area (Å²) in [5.74, 6) is 2.61. The summed E-state index contributed by atoms with van der Waals surface area (Å²) in [6.45, 7) is 9.28. The Kier molecular flexibility index (Phi) is 7.47. The number of aromatic nitrogens is 3. The lowest BCUT2D eigenvalue weighted by atomic mass is 9.95. The molecule has 1 aliphatic heterocycles. The number of nitrogens with one attached hydrogen (secondary N) is 1. The molecule has 1 N–H and O–H groups in total. The number of hydrogen-bond acceptors (Lipinski definition) is 4. The average molecular weight is 417 g/mol. The van der Waals surface area contributed by atoms with Crippen LogP contribution >= 0.6 is 12.2 Å². The van der Waals surface area contributed by atoms with Crippen LogP contribution in [0.25, 0.3) is 0 Å². The first-order valence-corrected chi connectivity index (χ1v) is 11.0. The van der Waals surface area contributed by atoms with Gasteiger partial charge >= 0.3 is 0 Å². The van der Waals surface area contributed by atoms with Crippen LogP contribution < -0.4 is 4.74 Å². The van der Waals surface area contributed by atoms with Crippen molar-refractivity contribution in [1.29, 1.82) is 0 Å². The Bertz CT molecular complexity index is 881. The van der Waals surface area contributed by atoms with Crippen molar-refractivity contribution in [2.24, 2.45) is 0 Å². The smallest absolute Gasteiger partial charge is 0.222 e. The molecule has 3 rings (SSSR count). The fraction of sp³-hybridized carbons (Fsp3) is 0.591. The molecule has 6 nitrogen and oxygen atoms in total. The third-order valence-electron chi connectivity index (χ3n) is 5.70. The molecule has 1 aliphatic rings. The van der Waals surface area contributed by atoms with E-state index in [0.717, 1.165) is 62.5 Å². The zero-order valence-electron chi connectivity index (χ0n) is 17.7. The van der Waals surface area contributed by atoms with Crippen LogP contribution in [-0.4, -0.2) is 45.3 Å². The zero-order valence-corrected chi connectivity index (χ0v) is 18.6. The Balaban J connectivity index is 1.38. The van der Waals surface area contributed by atoms with Crippen molar-refractivity contribution >= 4 is 18.1 Å². The number of benzene rings is 1. The van der Waals surface area contributed by atoms with Crippen molar-refractivity contribution in [3.05, 3.63) is 39.9 Å². The lowest BCUT2D eigenvalue weighted by molar-refractivity contribution is -0.132. The highest BCUT2D eigenvalue weighted by atomic mass is 32.1. The summed E-state index contributed by atoms with van der Waals surface area (Å²) < 4.78 is 8.63. The number of likely N-dealkylation sites (tertiary alicyclic amines) is 1. The lowest BCUT2D eigenvalue weighted by Crippen LogP contribution is -2.38. The number of carbonyl (C=O) groups is 1. The molecule has 29 heavy (non-hydrogen) atoms. The van der Waals surface area contributed by atoms with Crippen LogP contribution in [-0.2, 0) is 11.3 Å². The molecule has 0 radical (unpaired) electrons. The molecule has 0 unspecified atom stereocenters. The molecular formula is C22H32N4O2S. The highest BCUT2D eigenvalue weighted by Crippen LogP contribution is 2.27. The molecule has 1 aromatic carbocycles. The number of ether oxygens (including phenoxy) is 1. The molecule has 1 fully saturated rings. The second-order valence-electron chi connectivity index (χ2n) is 7.86. The molecule has 2 heterocycles. The number of aryl methyl sites for hydroxylation is 2. The predicted octanol–water partition coefficient (Wildman–Crippen LogP) is 4.53. The maximum absolute atomic E-state index is 12.5. The Morgan fingerprint density at radius 2 is 2.03 bits per heavy atom. The molecular weight excluding hydrogens is 384 g/mol. The van der Waals surface area contributed by atoms with E-state index in [1.807, 2.05) is 4.90 Å². The van der Waals surface area contributed by atoms with E-state index in [1.165, 1.54) is 5.56 Å². The summed E-state index contributed by atoms with van der Waals surface area (Å²) in [4.78, 5) is 14.5. The SMILES string of the molecule is CCn1c(C2CCN(C(=O)CCCCOc3cc(C)ccc3C)CC2)n[nH]c1=S. The van der Waals surface area contributed by atoms with Gasteiger partial charge in [-0.15, -0.1) is 0 Å². The molecule has 0 saturated carbocycles. The number of rotatable bonds is 8. The molecule has 0 aliphatic carbocycles. The van der Waals surface area contributed by atoms with Gasteiger partial charge in [0.05, 0.1) is 6.61 Å². The molecule has 0 spiro atoms. The van der Waals surface area contributed by atoms with Gasteiger partial charge in [-0.05, 0) is 75.9 Å².